The van der Waals surface area contributed by atoms with Crippen LogP contribution < -0.4 is 4.90 Å². The number of fused-ring (bicyclic) bond motifs is 1. The van der Waals surface area contributed by atoms with E-state index in [9.17, 15) is 4.79 Å². The highest BCUT2D eigenvalue weighted by Crippen LogP contribution is 2.21. The van der Waals surface area contributed by atoms with Crippen LogP contribution in [-0.2, 0) is 11.2 Å². The number of carbonyl (C=O) groups is 1. The van der Waals surface area contributed by atoms with E-state index in [4.69, 9.17) is 16.0 Å². The number of hydrogen-bond donors (Lipinski definition) is 0. The second-order valence-corrected chi connectivity index (χ2v) is 6.79. The van der Waals surface area contributed by atoms with Crippen molar-refractivity contribution in [2.45, 2.75) is 12.8 Å². The molecular formula is C19H19ClN4O2. The van der Waals surface area contributed by atoms with Gasteiger partial charge < -0.3 is 14.2 Å². The predicted molar refractivity (Wildman–Crippen MR) is 100 cm³/mol. The van der Waals surface area contributed by atoms with Crippen LogP contribution in [0.4, 0.5) is 6.01 Å². The lowest BCUT2D eigenvalue weighted by atomic mass is 10.1. The average molecular weight is 371 g/mol. The van der Waals surface area contributed by atoms with Crippen molar-refractivity contribution in [1.82, 2.24) is 14.9 Å². The molecule has 1 aliphatic rings. The molecular weight excluding hydrogens is 352 g/mol. The van der Waals surface area contributed by atoms with Gasteiger partial charge in [0.2, 0.25) is 11.6 Å². The van der Waals surface area contributed by atoms with Crippen LogP contribution in [0.15, 0.2) is 47.0 Å². The first kappa shape index (κ1) is 16.8. The zero-order valence-electron chi connectivity index (χ0n) is 14.3. The summed E-state index contributed by atoms with van der Waals surface area (Å²) >= 11 is 6.01. The SMILES string of the molecule is O=C(Cc1cccc(Cl)c1)N1CCCN(c2nc3ncccc3o2)CC1. The topological polar surface area (TPSA) is 62.5 Å². The van der Waals surface area contributed by atoms with E-state index in [-0.39, 0.29) is 5.91 Å². The van der Waals surface area contributed by atoms with Crippen LogP contribution in [0.2, 0.25) is 5.02 Å². The fraction of sp³-hybridized carbons (Fsp3) is 0.316. The van der Waals surface area contributed by atoms with Gasteiger partial charge >= 0.3 is 0 Å². The lowest BCUT2D eigenvalue weighted by Gasteiger charge is -2.21. The number of anilines is 1. The van der Waals surface area contributed by atoms with Crippen molar-refractivity contribution in [3.05, 3.63) is 53.2 Å². The van der Waals surface area contributed by atoms with Crippen LogP contribution in [0.5, 0.6) is 0 Å². The van der Waals surface area contributed by atoms with Crippen LogP contribution in [0.25, 0.3) is 11.2 Å². The molecule has 1 fully saturated rings. The highest BCUT2D eigenvalue weighted by Gasteiger charge is 2.22. The molecule has 0 radical (unpaired) electrons. The van der Waals surface area contributed by atoms with Gasteiger partial charge in [-0.25, -0.2) is 4.98 Å². The van der Waals surface area contributed by atoms with Crippen molar-refractivity contribution >= 4 is 34.8 Å². The summed E-state index contributed by atoms with van der Waals surface area (Å²) in [4.78, 5) is 25.3. The van der Waals surface area contributed by atoms with Crippen LogP contribution in [-0.4, -0.2) is 47.0 Å². The standard InChI is InChI=1S/C19H19ClN4O2/c20-15-5-1-4-14(12-15)13-17(25)23-8-3-9-24(11-10-23)19-22-18-16(26-19)6-2-7-21-18/h1-2,4-7,12H,3,8-11,13H2. The number of carbonyl (C=O) groups excluding carboxylic acids is 1. The van der Waals surface area contributed by atoms with E-state index >= 15 is 0 Å². The van der Waals surface area contributed by atoms with Crippen molar-refractivity contribution in [2.24, 2.45) is 0 Å². The molecule has 2 aromatic heterocycles. The van der Waals surface area contributed by atoms with E-state index in [2.05, 4.69) is 14.9 Å². The Kier molecular flexibility index (Phi) is 4.75. The van der Waals surface area contributed by atoms with E-state index in [1.54, 1.807) is 6.20 Å². The second-order valence-electron chi connectivity index (χ2n) is 6.35. The van der Waals surface area contributed by atoms with Gasteiger partial charge in [0, 0.05) is 37.4 Å². The first-order chi connectivity index (χ1) is 12.7. The molecule has 1 amide bonds. The molecule has 0 unspecified atom stereocenters. The van der Waals surface area contributed by atoms with Gasteiger partial charge in [-0.2, -0.15) is 4.98 Å². The molecule has 6 nitrogen and oxygen atoms in total. The van der Waals surface area contributed by atoms with Crippen LogP contribution in [0, 0.1) is 0 Å². The Labute approximate surface area is 156 Å². The smallest absolute Gasteiger partial charge is 0.300 e. The van der Waals surface area contributed by atoms with Gasteiger partial charge in [0.25, 0.3) is 6.01 Å². The van der Waals surface area contributed by atoms with Crippen molar-refractivity contribution in [1.29, 1.82) is 0 Å². The minimum atomic E-state index is 0.119. The number of nitrogens with zero attached hydrogens (tertiary/aromatic N) is 4. The summed E-state index contributed by atoms with van der Waals surface area (Å²) in [6.07, 6.45) is 2.94. The molecule has 3 heterocycles. The third kappa shape index (κ3) is 3.65. The molecule has 3 aromatic rings. The molecule has 1 aromatic carbocycles. The number of amides is 1. The number of halogens is 1. The third-order valence-electron chi connectivity index (χ3n) is 4.52. The molecule has 0 bridgehead atoms. The molecule has 26 heavy (non-hydrogen) atoms. The quantitative estimate of drug-likeness (QED) is 0.708. The van der Waals surface area contributed by atoms with E-state index in [0.717, 1.165) is 25.1 Å². The van der Waals surface area contributed by atoms with Gasteiger partial charge in [-0.05, 0) is 36.2 Å². The van der Waals surface area contributed by atoms with Crippen molar-refractivity contribution < 1.29 is 9.21 Å². The summed E-state index contributed by atoms with van der Waals surface area (Å²) in [5.41, 5.74) is 2.23. The van der Waals surface area contributed by atoms with Crippen LogP contribution in [0.1, 0.15) is 12.0 Å². The number of aromatic nitrogens is 2. The minimum absolute atomic E-state index is 0.119. The Bertz CT molecular complexity index is 894. The van der Waals surface area contributed by atoms with Gasteiger partial charge in [0.1, 0.15) is 0 Å². The summed E-state index contributed by atoms with van der Waals surface area (Å²) in [6, 6.07) is 11.7. The lowest BCUT2D eigenvalue weighted by molar-refractivity contribution is -0.130. The average Bonchev–Trinajstić information content (AvgIpc) is 2.90. The van der Waals surface area contributed by atoms with E-state index in [1.165, 1.54) is 0 Å². The Morgan fingerprint density at radius 2 is 2.08 bits per heavy atom. The summed E-state index contributed by atoms with van der Waals surface area (Å²) in [5, 5.41) is 0.655. The summed E-state index contributed by atoms with van der Waals surface area (Å²) in [5.74, 6) is 0.119. The molecule has 0 N–H and O–H groups in total. The Morgan fingerprint density at radius 3 is 2.92 bits per heavy atom. The van der Waals surface area contributed by atoms with Gasteiger partial charge in [-0.15, -0.1) is 0 Å². The van der Waals surface area contributed by atoms with Crippen LogP contribution >= 0.6 is 11.6 Å². The second kappa shape index (κ2) is 7.33. The zero-order valence-corrected chi connectivity index (χ0v) is 15.0. The fourth-order valence-electron chi connectivity index (χ4n) is 3.18. The van der Waals surface area contributed by atoms with Gasteiger partial charge in [-0.1, -0.05) is 23.7 Å². The number of oxazole rings is 1. The van der Waals surface area contributed by atoms with Gasteiger partial charge in [0.15, 0.2) is 5.58 Å². The fourth-order valence-corrected chi connectivity index (χ4v) is 3.40. The molecule has 134 valence electrons. The Hall–Kier alpha value is -2.60. The Balaban J connectivity index is 1.42. The summed E-state index contributed by atoms with van der Waals surface area (Å²) in [7, 11) is 0. The maximum Gasteiger partial charge on any atom is 0.300 e. The van der Waals surface area contributed by atoms with Crippen molar-refractivity contribution in [3.63, 3.8) is 0 Å². The molecule has 0 aliphatic carbocycles. The van der Waals surface area contributed by atoms with Gasteiger partial charge in [-0.3, -0.25) is 4.79 Å². The molecule has 0 atom stereocenters. The maximum absolute atomic E-state index is 12.6. The number of rotatable bonds is 3. The number of pyridine rings is 1. The summed E-state index contributed by atoms with van der Waals surface area (Å²) in [6.45, 7) is 2.86. The molecule has 1 aliphatic heterocycles. The third-order valence-corrected chi connectivity index (χ3v) is 4.75. The monoisotopic (exact) mass is 370 g/mol. The summed E-state index contributed by atoms with van der Waals surface area (Å²) < 4.78 is 5.80. The molecule has 0 saturated carbocycles. The molecule has 0 spiro atoms. The molecule has 7 heteroatoms. The maximum atomic E-state index is 12.6. The number of benzene rings is 1. The van der Waals surface area contributed by atoms with Gasteiger partial charge in [0.05, 0.1) is 6.42 Å². The van der Waals surface area contributed by atoms with Crippen molar-refractivity contribution in [3.8, 4) is 0 Å². The number of hydrogen-bond acceptors (Lipinski definition) is 5. The normalized spacial score (nSPS) is 15.3. The first-order valence-electron chi connectivity index (χ1n) is 8.68. The molecule has 1 saturated heterocycles. The largest absolute Gasteiger partial charge is 0.422 e. The highest BCUT2D eigenvalue weighted by molar-refractivity contribution is 6.30. The minimum Gasteiger partial charge on any atom is -0.422 e. The van der Waals surface area contributed by atoms with Crippen molar-refractivity contribution in [2.75, 3.05) is 31.1 Å². The predicted octanol–water partition coefficient (Wildman–Crippen LogP) is 3.16. The molecule has 4 rings (SSSR count). The Morgan fingerprint density at radius 1 is 1.15 bits per heavy atom. The van der Waals surface area contributed by atoms with E-state index < -0.39 is 0 Å². The first-order valence-corrected chi connectivity index (χ1v) is 9.05. The highest BCUT2D eigenvalue weighted by atomic mass is 35.5. The van der Waals surface area contributed by atoms with E-state index in [0.29, 0.717) is 41.8 Å². The lowest BCUT2D eigenvalue weighted by Crippen LogP contribution is -2.36. The van der Waals surface area contributed by atoms with Crippen LogP contribution in [0.3, 0.4) is 0 Å². The van der Waals surface area contributed by atoms with E-state index in [1.807, 2.05) is 41.3 Å². The zero-order chi connectivity index (χ0) is 17.9.